The molecule has 1 rings (SSSR count). The number of likely N-dealkylation sites (tertiary alicyclic amines) is 1. The summed E-state index contributed by atoms with van der Waals surface area (Å²) in [5.41, 5.74) is 5.49. The normalized spacial score (nSPS) is 26.6. The molecule has 0 saturated carbocycles. The van der Waals surface area contributed by atoms with Gasteiger partial charge < -0.3 is 5.73 Å². The molecule has 3 nitrogen and oxygen atoms in total. The van der Waals surface area contributed by atoms with Gasteiger partial charge in [-0.15, -0.1) is 0 Å². The van der Waals surface area contributed by atoms with Crippen molar-refractivity contribution in [1.82, 2.24) is 4.90 Å². The number of rotatable bonds is 3. The smallest absolute Gasteiger partial charge is 0.0950 e. The molecular weight excluding hydrogens is 162 g/mol. The number of hydrogen-bond acceptors (Lipinski definition) is 2. The van der Waals surface area contributed by atoms with Gasteiger partial charge in [0.15, 0.2) is 0 Å². The zero-order chi connectivity index (χ0) is 10.0. The highest BCUT2D eigenvalue weighted by Gasteiger charge is 2.28. The summed E-state index contributed by atoms with van der Waals surface area (Å²) in [7, 11) is 0. The molecule has 1 heterocycles. The van der Waals surface area contributed by atoms with Crippen LogP contribution in [0, 0.1) is 17.2 Å². The van der Waals surface area contributed by atoms with E-state index in [0.717, 1.165) is 19.5 Å². The molecule has 13 heavy (non-hydrogen) atoms. The Morgan fingerprint density at radius 2 is 2.08 bits per heavy atom. The molecular formula is C10H21N3. The minimum Gasteiger partial charge on any atom is -0.387 e. The molecule has 3 heteroatoms. The van der Waals surface area contributed by atoms with Gasteiger partial charge in [0, 0.05) is 18.5 Å². The van der Waals surface area contributed by atoms with E-state index in [9.17, 15) is 0 Å². The van der Waals surface area contributed by atoms with Crippen molar-refractivity contribution in [2.24, 2.45) is 17.6 Å². The van der Waals surface area contributed by atoms with Crippen molar-refractivity contribution < 1.29 is 0 Å². The van der Waals surface area contributed by atoms with Crippen molar-refractivity contribution >= 4 is 5.84 Å². The Labute approximate surface area is 80.8 Å². The first-order valence-electron chi connectivity index (χ1n) is 5.10. The Hall–Kier alpha value is -0.570. The molecule has 3 N–H and O–H groups in total. The molecule has 1 saturated heterocycles. The maximum atomic E-state index is 7.38. The molecule has 76 valence electrons. The highest BCUT2D eigenvalue weighted by molar-refractivity contribution is 5.80. The largest absolute Gasteiger partial charge is 0.387 e. The number of nitrogens with zero attached hydrogens (tertiary/aromatic N) is 1. The van der Waals surface area contributed by atoms with E-state index in [1.54, 1.807) is 0 Å². The average molecular weight is 183 g/mol. The van der Waals surface area contributed by atoms with Crippen LogP contribution in [0.15, 0.2) is 0 Å². The second-order valence-electron chi connectivity index (χ2n) is 4.42. The van der Waals surface area contributed by atoms with E-state index in [0.29, 0.717) is 23.7 Å². The van der Waals surface area contributed by atoms with E-state index in [4.69, 9.17) is 11.1 Å². The predicted octanol–water partition coefficient (Wildman–Crippen LogP) is 1.29. The van der Waals surface area contributed by atoms with Crippen LogP contribution in [0.4, 0.5) is 0 Å². The first-order chi connectivity index (χ1) is 6.02. The summed E-state index contributed by atoms with van der Waals surface area (Å²) < 4.78 is 0. The molecule has 0 spiro atoms. The van der Waals surface area contributed by atoms with Crippen LogP contribution in [-0.2, 0) is 0 Å². The molecule has 2 unspecified atom stereocenters. The van der Waals surface area contributed by atoms with Gasteiger partial charge in [0.25, 0.3) is 0 Å². The van der Waals surface area contributed by atoms with Gasteiger partial charge in [0.2, 0.25) is 0 Å². The summed E-state index contributed by atoms with van der Waals surface area (Å²) in [5, 5.41) is 7.38. The van der Waals surface area contributed by atoms with Gasteiger partial charge >= 0.3 is 0 Å². The highest BCUT2D eigenvalue weighted by Crippen LogP contribution is 2.21. The Bertz CT molecular complexity index is 189. The third-order valence-corrected chi connectivity index (χ3v) is 3.20. The number of nitrogens with two attached hydrogens (primary N) is 1. The fourth-order valence-electron chi connectivity index (χ4n) is 1.83. The Balaban J connectivity index is 2.45. The third-order valence-electron chi connectivity index (χ3n) is 3.20. The van der Waals surface area contributed by atoms with Crippen LogP contribution in [-0.4, -0.2) is 29.9 Å². The minimum atomic E-state index is 0.307. The van der Waals surface area contributed by atoms with Gasteiger partial charge in [0.1, 0.15) is 0 Å². The summed E-state index contributed by atoms with van der Waals surface area (Å²) in [6, 6.07) is 0.615. The predicted molar refractivity (Wildman–Crippen MR) is 55.9 cm³/mol. The van der Waals surface area contributed by atoms with Gasteiger partial charge in [-0.1, -0.05) is 13.8 Å². The fraction of sp³-hybridized carbons (Fsp3) is 0.900. The van der Waals surface area contributed by atoms with E-state index in [-0.39, 0.29) is 0 Å². The lowest BCUT2D eigenvalue weighted by Crippen LogP contribution is -2.36. The molecule has 0 bridgehead atoms. The molecule has 1 fully saturated rings. The van der Waals surface area contributed by atoms with Crippen LogP contribution in [0.2, 0.25) is 0 Å². The van der Waals surface area contributed by atoms with E-state index in [2.05, 4.69) is 25.7 Å². The van der Waals surface area contributed by atoms with Crippen molar-refractivity contribution in [2.45, 2.75) is 33.2 Å². The zero-order valence-electron chi connectivity index (χ0n) is 8.88. The maximum absolute atomic E-state index is 7.38. The molecule has 1 aliphatic rings. The van der Waals surface area contributed by atoms with E-state index in [1.807, 2.05) is 0 Å². The van der Waals surface area contributed by atoms with Gasteiger partial charge in [0.05, 0.1) is 5.84 Å². The summed E-state index contributed by atoms with van der Waals surface area (Å²) in [6.45, 7) is 8.82. The standard InChI is InChI=1S/C10H21N3/c1-7(2)8(3)13-5-4-9(6-13)10(11)12/h7-9H,4-6H2,1-3H3,(H3,11,12). The lowest BCUT2D eigenvalue weighted by Gasteiger charge is -2.27. The Kier molecular flexibility index (Phi) is 3.31. The van der Waals surface area contributed by atoms with Gasteiger partial charge in [-0.05, 0) is 25.8 Å². The van der Waals surface area contributed by atoms with Crippen LogP contribution in [0.5, 0.6) is 0 Å². The molecule has 0 aromatic rings. The fourth-order valence-corrected chi connectivity index (χ4v) is 1.83. The molecule has 0 amide bonds. The van der Waals surface area contributed by atoms with Crippen LogP contribution in [0.3, 0.4) is 0 Å². The van der Waals surface area contributed by atoms with Gasteiger partial charge in [-0.25, -0.2) is 0 Å². The average Bonchev–Trinajstić information content (AvgIpc) is 2.50. The molecule has 0 aromatic carbocycles. The van der Waals surface area contributed by atoms with E-state index < -0.39 is 0 Å². The molecule has 0 aromatic heterocycles. The Morgan fingerprint density at radius 1 is 1.46 bits per heavy atom. The molecule has 0 radical (unpaired) electrons. The van der Waals surface area contributed by atoms with Crippen LogP contribution in [0.1, 0.15) is 27.2 Å². The molecule has 2 atom stereocenters. The van der Waals surface area contributed by atoms with Crippen molar-refractivity contribution in [1.29, 1.82) is 5.41 Å². The topological polar surface area (TPSA) is 53.1 Å². The van der Waals surface area contributed by atoms with Crippen LogP contribution in [0.25, 0.3) is 0 Å². The summed E-state index contributed by atoms with van der Waals surface area (Å²) in [4.78, 5) is 2.44. The second-order valence-corrected chi connectivity index (χ2v) is 4.42. The van der Waals surface area contributed by atoms with Gasteiger partial charge in [-0.3, -0.25) is 10.3 Å². The maximum Gasteiger partial charge on any atom is 0.0950 e. The highest BCUT2D eigenvalue weighted by atomic mass is 15.2. The minimum absolute atomic E-state index is 0.307. The molecule has 0 aliphatic carbocycles. The first-order valence-corrected chi connectivity index (χ1v) is 5.10. The summed E-state index contributed by atoms with van der Waals surface area (Å²) in [6.07, 6.45) is 1.06. The third kappa shape index (κ3) is 2.44. The SMILES string of the molecule is CC(C)C(C)N1CCC(C(=N)N)C1. The van der Waals surface area contributed by atoms with Crippen molar-refractivity contribution in [3.05, 3.63) is 0 Å². The summed E-state index contributed by atoms with van der Waals surface area (Å²) >= 11 is 0. The Morgan fingerprint density at radius 3 is 2.46 bits per heavy atom. The van der Waals surface area contributed by atoms with Crippen molar-refractivity contribution in [3.63, 3.8) is 0 Å². The number of amidine groups is 1. The second kappa shape index (κ2) is 4.09. The monoisotopic (exact) mass is 183 g/mol. The molecule has 1 aliphatic heterocycles. The van der Waals surface area contributed by atoms with Crippen LogP contribution >= 0.6 is 0 Å². The lowest BCUT2D eigenvalue weighted by molar-refractivity contribution is 0.205. The lowest BCUT2D eigenvalue weighted by atomic mass is 10.1. The quantitative estimate of drug-likeness (QED) is 0.511. The van der Waals surface area contributed by atoms with Gasteiger partial charge in [-0.2, -0.15) is 0 Å². The first kappa shape index (κ1) is 10.5. The van der Waals surface area contributed by atoms with Crippen molar-refractivity contribution in [2.75, 3.05) is 13.1 Å². The van der Waals surface area contributed by atoms with E-state index >= 15 is 0 Å². The van der Waals surface area contributed by atoms with Crippen molar-refractivity contribution in [3.8, 4) is 0 Å². The number of nitrogens with one attached hydrogen (secondary N) is 1. The van der Waals surface area contributed by atoms with Crippen LogP contribution < -0.4 is 5.73 Å². The number of hydrogen-bond donors (Lipinski definition) is 2. The zero-order valence-corrected chi connectivity index (χ0v) is 8.88. The van der Waals surface area contributed by atoms with E-state index in [1.165, 1.54) is 0 Å². The summed E-state index contributed by atoms with van der Waals surface area (Å²) in [5.74, 6) is 1.35.